The van der Waals surface area contributed by atoms with E-state index < -0.39 is 5.60 Å². The lowest BCUT2D eigenvalue weighted by atomic mass is 9.89. The van der Waals surface area contributed by atoms with E-state index in [1.807, 2.05) is 25.7 Å². The molecule has 7 nitrogen and oxygen atoms in total. The number of hydrogen-bond acceptors (Lipinski definition) is 6. The Kier molecular flexibility index (Phi) is 4.04. The number of anilines is 2. The van der Waals surface area contributed by atoms with Crippen molar-refractivity contribution in [3.05, 3.63) is 24.0 Å². The zero-order valence-electron chi connectivity index (χ0n) is 15.8. The molecule has 3 aliphatic rings. The Balaban J connectivity index is 1.56. The summed E-state index contributed by atoms with van der Waals surface area (Å²) in [5, 5.41) is 3.37. The minimum atomic E-state index is -0.476. The van der Waals surface area contributed by atoms with Crippen molar-refractivity contribution in [1.29, 1.82) is 0 Å². The molecule has 1 N–H and O–H groups in total. The fraction of sp³-hybridized carbons (Fsp3) is 0.632. The topological polar surface area (TPSA) is 70.6 Å². The largest absolute Gasteiger partial charge is 0.444 e. The predicted molar refractivity (Wildman–Crippen MR) is 101 cm³/mol. The van der Waals surface area contributed by atoms with Crippen LogP contribution >= 0.6 is 0 Å². The van der Waals surface area contributed by atoms with E-state index >= 15 is 0 Å². The van der Waals surface area contributed by atoms with E-state index in [4.69, 9.17) is 4.74 Å². The van der Waals surface area contributed by atoms with Crippen LogP contribution in [0.15, 0.2) is 18.5 Å². The van der Waals surface area contributed by atoms with Crippen LogP contribution in [-0.2, 0) is 4.74 Å². The molecule has 7 heteroatoms. The Morgan fingerprint density at radius 1 is 1.38 bits per heavy atom. The van der Waals surface area contributed by atoms with Crippen LogP contribution in [0.3, 0.4) is 0 Å². The fourth-order valence-electron chi connectivity index (χ4n) is 4.13. The SMILES string of the molecule is C=C1CN(C2CCCN(C(=O)OC(C)(C)C)C2)c2ncnc3c2C1CN3. The van der Waals surface area contributed by atoms with E-state index in [9.17, 15) is 4.79 Å². The normalized spacial score (nSPS) is 25.0. The van der Waals surface area contributed by atoms with Crippen LogP contribution in [-0.4, -0.2) is 58.8 Å². The van der Waals surface area contributed by atoms with Gasteiger partial charge in [0, 0.05) is 43.7 Å². The number of hydrogen-bond donors (Lipinski definition) is 1. The molecule has 1 saturated heterocycles. The number of nitrogens with one attached hydrogen (secondary N) is 1. The first-order chi connectivity index (χ1) is 12.3. The molecular weight excluding hydrogens is 330 g/mol. The molecule has 4 heterocycles. The van der Waals surface area contributed by atoms with E-state index in [-0.39, 0.29) is 12.1 Å². The molecule has 1 aromatic heterocycles. The number of carbonyl (C=O) groups excluding carboxylic acids is 1. The van der Waals surface area contributed by atoms with Gasteiger partial charge in [-0.3, -0.25) is 0 Å². The average Bonchev–Trinajstić information content (AvgIpc) is 3.02. The second-order valence-corrected chi connectivity index (χ2v) is 8.40. The van der Waals surface area contributed by atoms with Gasteiger partial charge in [-0.1, -0.05) is 6.58 Å². The van der Waals surface area contributed by atoms with E-state index in [1.54, 1.807) is 6.33 Å². The first-order valence-electron chi connectivity index (χ1n) is 9.34. The van der Waals surface area contributed by atoms with Gasteiger partial charge in [-0.15, -0.1) is 0 Å². The highest BCUT2D eigenvalue weighted by Gasteiger charge is 2.40. The van der Waals surface area contributed by atoms with Crippen molar-refractivity contribution in [3.63, 3.8) is 0 Å². The van der Waals surface area contributed by atoms with Gasteiger partial charge in [0.05, 0.1) is 0 Å². The summed E-state index contributed by atoms with van der Waals surface area (Å²) >= 11 is 0. The summed E-state index contributed by atoms with van der Waals surface area (Å²) in [5.41, 5.74) is 1.88. The summed E-state index contributed by atoms with van der Waals surface area (Å²) in [6.45, 7) is 13.0. The van der Waals surface area contributed by atoms with Crippen molar-refractivity contribution >= 4 is 17.7 Å². The van der Waals surface area contributed by atoms with E-state index in [1.165, 1.54) is 5.57 Å². The Labute approximate surface area is 154 Å². The lowest BCUT2D eigenvalue weighted by Gasteiger charge is -2.43. The highest BCUT2D eigenvalue weighted by atomic mass is 16.6. The maximum absolute atomic E-state index is 12.5. The molecule has 0 spiro atoms. The first kappa shape index (κ1) is 17.1. The molecule has 0 radical (unpaired) electrons. The molecular formula is C19H27N5O2. The number of aromatic nitrogens is 2. The standard InChI is InChI=1S/C19H27N5O2/c1-12-9-24(17-15-14(12)8-20-16(15)21-11-22-17)13-6-5-7-23(10-13)18(25)26-19(2,3)4/h11,13-14H,1,5-10H2,2-4H3,(H,20,21,22). The highest BCUT2D eigenvalue weighted by Crippen LogP contribution is 2.44. The highest BCUT2D eigenvalue weighted by molar-refractivity contribution is 5.71. The quantitative estimate of drug-likeness (QED) is 0.780. The summed E-state index contributed by atoms with van der Waals surface area (Å²) < 4.78 is 5.56. The van der Waals surface area contributed by atoms with Gasteiger partial charge in [-0.25, -0.2) is 14.8 Å². The molecule has 0 aromatic carbocycles. The number of carbonyl (C=O) groups is 1. The summed E-state index contributed by atoms with van der Waals surface area (Å²) in [6, 6.07) is 0.216. The van der Waals surface area contributed by atoms with Gasteiger partial charge in [0.15, 0.2) is 0 Å². The van der Waals surface area contributed by atoms with Crippen LogP contribution < -0.4 is 10.2 Å². The number of amides is 1. The third kappa shape index (κ3) is 2.99. The third-order valence-corrected chi connectivity index (χ3v) is 5.31. The van der Waals surface area contributed by atoms with Crippen molar-refractivity contribution in [2.45, 2.75) is 51.2 Å². The summed E-state index contributed by atoms with van der Waals surface area (Å²) in [5.74, 6) is 2.21. The molecule has 1 aromatic rings. The Hall–Kier alpha value is -2.31. The van der Waals surface area contributed by atoms with Gasteiger partial charge in [-0.2, -0.15) is 0 Å². The van der Waals surface area contributed by atoms with Crippen molar-refractivity contribution in [2.24, 2.45) is 0 Å². The molecule has 0 aliphatic carbocycles. The summed E-state index contributed by atoms with van der Waals surface area (Å²) in [7, 11) is 0. The Morgan fingerprint density at radius 3 is 2.96 bits per heavy atom. The molecule has 0 saturated carbocycles. The fourth-order valence-corrected chi connectivity index (χ4v) is 4.13. The van der Waals surface area contributed by atoms with Crippen molar-refractivity contribution in [1.82, 2.24) is 14.9 Å². The van der Waals surface area contributed by atoms with Crippen LogP contribution in [0.2, 0.25) is 0 Å². The van der Waals surface area contributed by atoms with Gasteiger partial charge < -0.3 is 19.9 Å². The second kappa shape index (κ2) is 6.14. The van der Waals surface area contributed by atoms with Gasteiger partial charge in [0.1, 0.15) is 23.6 Å². The molecule has 2 unspecified atom stereocenters. The van der Waals surface area contributed by atoms with Crippen LogP contribution in [0.1, 0.15) is 45.1 Å². The van der Waals surface area contributed by atoms with Gasteiger partial charge in [0.2, 0.25) is 0 Å². The van der Waals surface area contributed by atoms with Gasteiger partial charge in [0.25, 0.3) is 0 Å². The maximum atomic E-state index is 12.5. The molecule has 26 heavy (non-hydrogen) atoms. The van der Waals surface area contributed by atoms with E-state index in [0.717, 1.165) is 49.7 Å². The van der Waals surface area contributed by atoms with Crippen molar-refractivity contribution in [3.8, 4) is 0 Å². The van der Waals surface area contributed by atoms with E-state index in [0.29, 0.717) is 12.5 Å². The smallest absolute Gasteiger partial charge is 0.410 e. The molecule has 4 rings (SSSR count). The van der Waals surface area contributed by atoms with Crippen LogP contribution in [0, 0.1) is 0 Å². The minimum Gasteiger partial charge on any atom is -0.444 e. The molecule has 3 aliphatic heterocycles. The molecule has 2 atom stereocenters. The van der Waals surface area contributed by atoms with Crippen molar-refractivity contribution in [2.75, 3.05) is 36.4 Å². The van der Waals surface area contributed by atoms with E-state index in [2.05, 4.69) is 26.8 Å². The van der Waals surface area contributed by atoms with Crippen LogP contribution in [0.5, 0.6) is 0 Å². The monoisotopic (exact) mass is 357 g/mol. The van der Waals surface area contributed by atoms with Crippen molar-refractivity contribution < 1.29 is 9.53 Å². The second-order valence-electron chi connectivity index (χ2n) is 8.40. The first-order valence-corrected chi connectivity index (χ1v) is 9.34. The Morgan fingerprint density at radius 2 is 2.19 bits per heavy atom. The lowest BCUT2D eigenvalue weighted by Crippen LogP contribution is -2.52. The molecule has 0 bridgehead atoms. The number of rotatable bonds is 1. The zero-order chi connectivity index (χ0) is 18.5. The van der Waals surface area contributed by atoms with Gasteiger partial charge in [-0.05, 0) is 39.2 Å². The number of ether oxygens (including phenoxy) is 1. The number of nitrogens with zero attached hydrogens (tertiary/aromatic N) is 4. The summed E-state index contributed by atoms with van der Waals surface area (Å²) in [6.07, 6.45) is 3.38. The predicted octanol–water partition coefficient (Wildman–Crippen LogP) is 2.76. The minimum absolute atomic E-state index is 0.216. The maximum Gasteiger partial charge on any atom is 0.410 e. The number of piperidine rings is 1. The van der Waals surface area contributed by atoms with Gasteiger partial charge >= 0.3 is 6.09 Å². The zero-order valence-corrected chi connectivity index (χ0v) is 15.8. The summed E-state index contributed by atoms with van der Waals surface area (Å²) in [4.78, 5) is 25.6. The third-order valence-electron chi connectivity index (χ3n) is 5.31. The van der Waals surface area contributed by atoms with Crippen LogP contribution in [0.25, 0.3) is 0 Å². The molecule has 1 amide bonds. The molecule has 140 valence electrons. The molecule has 1 fully saturated rings. The average molecular weight is 357 g/mol. The van der Waals surface area contributed by atoms with Crippen LogP contribution in [0.4, 0.5) is 16.4 Å². The Bertz CT molecular complexity index is 742. The lowest BCUT2D eigenvalue weighted by molar-refractivity contribution is 0.0198. The number of likely N-dealkylation sites (tertiary alicyclic amines) is 1.